The Bertz CT molecular complexity index is 826. The van der Waals surface area contributed by atoms with Gasteiger partial charge in [-0.3, -0.25) is 0 Å². The number of nitriles is 2. The number of hydrogen-bond acceptors (Lipinski definition) is 5. The summed E-state index contributed by atoms with van der Waals surface area (Å²) in [6.07, 6.45) is 1.24. The first-order chi connectivity index (χ1) is 12.2. The smallest absolute Gasteiger partial charge is 0.101 e. The predicted octanol–water partition coefficient (Wildman–Crippen LogP) is 3.00. The summed E-state index contributed by atoms with van der Waals surface area (Å²) in [5.41, 5.74) is 4.09. The number of anilines is 2. The summed E-state index contributed by atoms with van der Waals surface area (Å²) in [5.74, 6) is 0. The van der Waals surface area contributed by atoms with E-state index in [-0.39, 0.29) is 6.10 Å². The average Bonchev–Trinajstić information content (AvgIpc) is 2.67. The molecule has 0 aliphatic carbocycles. The van der Waals surface area contributed by atoms with Crippen LogP contribution in [0.25, 0.3) is 0 Å². The number of aliphatic hydroxyl groups excluding tert-OH is 1. The van der Waals surface area contributed by atoms with Crippen LogP contribution in [-0.2, 0) is 6.54 Å². The van der Waals surface area contributed by atoms with Crippen LogP contribution in [0.4, 0.5) is 11.4 Å². The molecule has 2 aromatic rings. The van der Waals surface area contributed by atoms with Crippen molar-refractivity contribution in [1.29, 1.82) is 10.5 Å². The van der Waals surface area contributed by atoms with Crippen molar-refractivity contribution in [2.24, 2.45) is 0 Å². The number of benzene rings is 2. The highest BCUT2D eigenvalue weighted by molar-refractivity contribution is 5.65. The molecule has 1 aliphatic heterocycles. The van der Waals surface area contributed by atoms with Gasteiger partial charge in [0.1, 0.15) is 6.07 Å². The number of nitrogens with zero attached hydrogens (tertiary/aromatic N) is 3. The van der Waals surface area contributed by atoms with Crippen LogP contribution in [0.5, 0.6) is 0 Å². The Balaban J connectivity index is 1.71. The molecular formula is C20H20N4O. The van der Waals surface area contributed by atoms with E-state index in [0.717, 1.165) is 42.9 Å². The standard InChI is InChI=1S/C20H20N4O/c21-12-15-2-1-3-16(10-15)14-23-18-4-5-20(17(11-18)13-22)24-8-6-19(25)7-9-24/h1-5,10-11,19,23,25H,6-9,14H2. The Morgan fingerprint density at radius 1 is 1.08 bits per heavy atom. The number of rotatable bonds is 4. The van der Waals surface area contributed by atoms with Crippen LogP contribution in [0.1, 0.15) is 29.5 Å². The lowest BCUT2D eigenvalue weighted by Gasteiger charge is -2.32. The molecule has 5 heteroatoms. The van der Waals surface area contributed by atoms with Gasteiger partial charge in [0.2, 0.25) is 0 Å². The molecule has 0 bridgehead atoms. The van der Waals surface area contributed by atoms with Gasteiger partial charge in [0.25, 0.3) is 0 Å². The second-order valence-electron chi connectivity index (χ2n) is 6.23. The molecule has 25 heavy (non-hydrogen) atoms. The second-order valence-corrected chi connectivity index (χ2v) is 6.23. The quantitative estimate of drug-likeness (QED) is 0.899. The lowest BCUT2D eigenvalue weighted by molar-refractivity contribution is 0.145. The fourth-order valence-electron chi connectivity index (χ4n) is 3.07. The molecule has 1 aliphatic rings. The normalized spacial score (nSPS) is 14.6. The monoisotopic (exact) mass is 332 g/mol. The Labute approximate surface area is 147 Å². The van der Waals surface area contributed by atoms with Crippen LogP contribution in [0.2, 0.25) is 0 Å². The van der Waals surface area contributed by atoms with Gasteiger partial charge >= 0.3 is 0 Å². The van der Waals surface area contributed by atoms with Gasteiger partial charge in [-0.15, -0.1) is 0 Å². The van der Waals surface area contributed by atoms with E-state index in [2.05, 4.69) is 22.4 Å². The molecule has 3 rings (SSSR count). The number of hydrogen-bond donors (Lipinski definition) is 2. The Hall–Kier alpha value is -3.02. The van der Waals surface area contributed by atoms with Gasteiger partial charge in [-0.2, -0.15) is 10.5 Å². The number of aliphatic hydroxyl groups is 1. The number of nitrogens with one attached hydrogen (secondary N) is 1. The van der Waals surface area contributed by atoms with Crippen LogP contribution in [0.15, 0.2) is 42.5 Å². The zero-order chi connectivity index (χ0) is 17.6. The van der Waals surface area contributed by atoms with Crippen LogP contribution in [-0.4, -0.2) is 24.3 Å². The van der Waals surface area contributed by atoms with Crippen molar-refractivity contribution in [2.75, 3.05) is 23.3 Å². The first kappa shape index (κ1) is 16.8. The lowest BCUT2D eigenvalue weighted by atomic mass is 10.0. The molecule has 1 heterocycles. The lowest BCUT2D eigenvalue weighted by Crippen LogP contribution is -2.36. The SMILES string of the molecule is N#Cc1cccc(CNc2ccc(N3CCC(O)CC3)c(C#N)c2)c1. The van der Waals surface area contributed by atoms with Gasteiger partial charge < -0.3 is 15.3 Å². The third kappa shape index (κ3) is 4.09. The summed E-state index contributed by atoms with van der Waals surface area (Å²) in [6, 6.07) is 17.7. The topological polar surface area (TPSA) is 83.1 Å². The van der Waals surface area contributed by atoms with Crippen molar-refractivity contribution < 1.29 is 5.11 Å². The van der Waals surface area contributed by atoms with Gasteiger partial charge in [-0.05, 0) is 48.7 Å². The largest absolute Gasteiger partial charge is 0.393 e. The number of piperidine rings is 1. The highest BCUT2D eigenvalue weighted by Gasteiger charge is 2.19. The molecule has 0 radical (unpaired) electrons. The second kappa shape index (κ2) is 7.70. The van der Waals surface area contributed by atoms with E-state index in [9.17, 15) is 10.4 Å². The zero-order valence-electron chi connectivity index (χ0n) is 13.9. The third-order valence-corrected chi connectivity index (χ3v) is 4.47. The molecule has 0 unspecified atom stereocenters. The maximum absolute atomic E-state index is 9.64. The molecule has 0 saturated carbocycles. The molecule has 5 nitrogen and oxygen atoms in total. The fourth-order valence-corrected chi connectivity index (χ4v) is 3.07. The van der Waals surface area contributed by atoms with Crippen molar-refractivity contribution in [3.05, 3.63) is 59.2 Å². The Morgan fingerprint density at radius 3 is 2.60 bits per heavy atom. The van der Waals surface area contributed by atoms with Crippen molar-refractivity contribution >= 4 is 11.4 Å². The molecular weight excluding hydrogens is 312 g/mol. The first-order valence-electron chi connectivity index (χ1n) is 8.39. The van der Waals surface area contributed by atoms with Crippen molar-refractivity contribution in [1.82, 2.24) is 0 Å². The highest BCUT2D eigenvalue weighted by Crippen LogP contribution is 2.27. The summed E-state index contributed by atoms with van der Waals surface area (Å²) in [7, 11) is 0. The van der Waals surface area contributed by atoms with Crippen LogP contribution >= 0.6 is 0 Å². The molecule has 0 amide bonds. The molecule has 126 valence electrons. The minimum absolute atomic E-state index is 0.230. The summed E-state index contributed by atoms with van der Waals surface area (Å²) in [4.78, 5) is 2.16. The predicted molar refractivity (Wildman–Crippen MR) is 97.1 cm³/mol. The maximum atomic E-state index is 9.64. The van der Waals surface area contributed by atoms with Gasteiger partial charge in [-0.25, -0.2) is 0 Å². The Morgan fingerprint density at radius 2 is 1.88 bits per heavy atom. The Kier molecular flexibility index (Phi) is 5.18. The molecule has 0 atom stereocenters. The van der Waals surface area contributed by atoms with E-state index < -0.39 is 0 Å². The van der Waals surface area contributed by atoms with E-state index in [0.29, 0.717) is 17.7 Å². The summed E-state index contributed by atoms with van der Waals surface area (Å²) < 4.78 is 0. The molecule has 2 aromatic carbocycles. The minimum Gasteiger partial charge on any atom is -0.393 e. The summed E-state index contributed by atoms with van der Waals surface area (Å²) in [5, 5.41) is 31.4. The summed E-state index contributed by atoms with van der Waals surface area (Å²) in [6.45, 7) is 2.13. The van der Waals surface area contributed by atoms with E-state index in [1.165, 1.54) is 0 Å². The van der Waals surface area contributed by atoms with Gasteiger partial charge in [0, 0.05) is 25.3 Å². The van der Waals surface area contributed by atoms with Gasteiger partial charge in [-0.1, -0.05) is 12.1 Å². The molecule has 1 saturated heterocycles. The average molecular weight is 332 g/mol. The third-order valence-electron chi connectivity index (χ3n) is 4.47. The van der Waals surface area contributed by atoms with Crippen LogP contribution in [0.3, 0.4) is 0 Å². The van der Waals surface area contributed by atoms with Crippen LogP contribution in [0, 0.1) is 22.7 Å². The van der Waals surface area contributed by atoms with Crippen molar-refractivity contribution in [3.8, 4) is 12.1 Å². The minimum atomic E-state index is -0.230. The van der Waals surface area contributed by atoms with E-state index in [1.807, 2.05) is 36.4 Å². The molecule has 2 N–H and O–H groups in total. The van der Waals surface area contributed by atoms with E-state index >= 15 is 0 Å². The molecule has 0 spiro atoms. The van der Waals surface area contributed by atoms with E-state index in [4.69, 9.17) is 5.26 Å². The first-order valence-corrected chi connectivity index (χ1v) is 8.39. The van der Waals surface area contributed by atoms with Crippen molar-refractivity contribution in [3.63, 3.8) is 0 Å². The fraction of sp³-hybridized carbons (Fsp3) is 0.300. The zero-order valence-corrected chi connectivity index (χ0v) is 13.9. The van der Waals surface area contributed by atoms with E-state index in [1.54, 1.807) is 6.07 Å². The van der Waals surface area contributed by atoms with Gasteiger partial charge in [0.05, 0.1) is 29.0 Å². The molecule has 1 fully saturated rings. The summed E-state index contributed by atoms with van der Waals surface area (Å²) >= 11 is 0. The van der Waals surface area contributed by atoms with Crippen molar-refractivity contribution in [2.45, 2.75) is 25.5 Å². The van der Waals surface area contributed by atoms with Gasteiger partial charge in [0.15, 0.2) is 0 Å². The molecule has 0 aromatic heterocycles. The van der Waals surface area contributed by atoms with Crippen LogP contribution < -0.4 is 10.2 Å². The highest BCUT2D eigenvalue weighted by atomic mass is 16.3. The maximum Gasteiger partial charge on any atom is 0.101 e.